The minimum absolute atomic E-state index is 0.0646. The highest BCUT2D eigenvalue weighted by atomic mass is 79.9. The number of rotatable bonds is 4. The third-order valence-electron chi connectivity index (χ3n) is 2.64. The Balaban J connectivity index is 2.01. The molecule has 0 aliphatic rings. The lowest BCUT2D eigenvalue weighted by Gasteiger charge is -2.01. The molecule has 2 rings (SSSR count). The molecule has 1 aromatic carbocycles. The number of halogens is 2. The maximum absolute atomic E-state index is 13.3. The summed E-state index contributed by atoms with van der Waals surface area (Å²) in [6.07, 6.45) is 4.57. The second-order valence-corrected chi connectivity index (χ2v) is 4.93. The summed E-state index contributed by atoms with van der Waals surface area (Å²) < 4.78 is 15.4. The Morgan fingerprint density at radius 3 is 2.89 bits per heavy atom. The molecule has 0 atom stereocenters. The van der Waals surface area contributed by atoms with E-state index in [9.17, 15) is 9.18 Å². The van der Waals surface area contributed by atoms with Gasteiger partial charge in [0.1, 0.15) is 5.82 Å². The fourth-order valence-electron chi connectivity index (χ4n) is 1.67. The van der Waals surface area contributed by atoms with E-state index in [1.165, 1.54) is 6.07 Å². The molecule has 0 spiro atoms. The van der Waals surface area contributed by atoms with Gasteiger partial charge < -0.3 is 0 Å². The summed E-state index contributed by atoms with van der Waals surface area (Å²) in [6.45, 7) is 0. The van der Waals surface area contributed by atoms with Crippen LogP contribution in [0.25, 0.3) is 0 Å². The molecule has 0 amide bonds. The van der Waals surface area contributed by atoms with Crippen molar-refractivity contribution < 1.29 is 9.18 Å². The van der Waals surface area contributed by atoms with Crippen LogP contribution >= 0.6 is 15.9 Å². The van der Waals surface area contributed by atoms with Crippen molar-refractivity contribution >= 4 is 21.7 Å². The zero-order valence-electron chi connectivity index (χ0n) is 9.86. The Bertz CT molecular complexity index is 580. The zero-order valence-corrected chi connectivity index (χ0v) is 11.4. The fourth-order valence-corrected chi connectivity index (χ4v) is 1.92. The van der Waals surface area contributed by atoms with E-state index in [4.69, 9.17) is 0 Å². The number of aryl methyl sites for hydroxylation is 2. The van der Waals surface area contributed by atoms with Crippen LogP contribution in [0.15, 0.2) is 35.1 Å². The molecule has 2 aromatic rings. The molecule has 0 saturated carbocycles. The molecular formula is C13H12BrFN2O. The Morgan fingerprint density at radius 2 is 2.28 bits per heavy atom. The molecular weight excluding hydrogens is 299 g/mol. The summed E-state index contributed by atoms with van der Waals surface area (Å²) in [5.41, 5.74) is 1.41. The fraction of sp³-hybridized carbons (Fsp3) is 0.231. The molecule has 0 aliphatic heterocycles. The van der Waals surface area contributed by atoms with Crippen molar-refractivity contribution in [1.82, 2.24) is 9.78 Å². The van der Waals surface area contributed by atoms with E-state index in [0.29, 0.717) is 22.9 Å². The second kappa shape index (κ2) is 5.44. The summed E-state index contributed by atoms with van der Waals surface area (Å²) in [5.74, 6) is -0.479. The minimum atomic E-state index is -0.415. The van der Waals surface area contributed by atoms with Crippen LogP contribution in [0.4, 0.5) is 4.39 Å². The third kappa shape index (κ3) is 3.04. The largest absolute Gasteiger partial charge is 0.294 e. The quantitative estimate of drug-likeness (QED) is 0.813. The Hall–Kier alpha value is -1.49. The van der Waals surface area contributed by atoms with E-state index in [1.54, 1.807) is 23.0 Å². The van der Waals surface area contributed by atoms with Crippen LogP contribution in [0.1, 0.15) is 22.3 Å². The molecule has 18 heavy (non-hydrogen) atoms. The monoisotopic (exact) mass is 310 g/mol. The number of nitrogens with zero attached hydrogens (tertiary/aromatic N) is 2. The summed E-state index contributed by atoms with van der Waals surface area (Å²) in [6, 6.07) is 4.43. The Labute approximate surface area is 113 Å². The van der Waals surface area contributed by atoms with Gasteiger partial charge >= 0.3 is 0 Å². The standard InChI is InChI=1S/C13H12BrFN2O/c1-17-8-9(7-16-17)2-5-13(18)10-3-4-11(14)12(15)6-10/h3-4,6-8H,2,5H2,1H3. The third-order valence-corrected chi connectivity index (χ3v) is 3.28. The van der Waals surface area contributed by atoms with Crippen LogP contribution in [0.5, 0.6) is 0 Å². The van der Waals surface area contributed by atoms with Gasteiger partial charge in [-0.1, -0.05) is 6.07 Å². The molecule has 1 aromatic heterocycles. The number of aromatic nitrogens is 2. The lowest BCUT2D eigenvalue weighted by molar-refractivity contribution is 0.0982. The number of carbonyl (C=O) groups is 1. The van der Waals surface area contributed by atoms with Gasteiger partial charge in [0.2, 0.25) is 0 Å². The van der Waals surface area contributed by atoms with E-state index in [-0.39, 0.29) is 5.78 Å². The highest BCUT2D eigenvalue weighted by Gasteiger charge is 2.09. The summed E-state index contributed by atoms with van der Waals surface area (Å²) in [4.78, 5) is 11.9. The van der Waals surface area contributed by atoms with Crippen molar-refractivity contribution in [3.05, 3.63) is 52.0 Å². The lowest BCUT2D eigenvalue weighted by atomic mass is 10.0. The van der Waals surface area contributed by atoms with Gasteiger partial charge in [-0.15, -0.1) is 0 Å². The number of Topliss-reactive ketones (excluding diaryl/α,β-unsaturated/α-hetero) is 1. The van der Waals surface area contributed by atoms with Crippen molar-refractivity contribution in [2.45, 2.75) is 12.8 Å². The highest BCUT2D eigenvalue weighted by molar-refractivity contribution is 9.10. The van der Waals surface area contributed by atoms with E-state index in [2.05, 4.69) is 21.0 Å². The molecule has 0 N–H and O–H groups in total. The number of hydrogen-bond acceptors (Lipinski definition) is 2. The first-order chi connectivity index (χ1) is 8.56. The predicted molar refractivity (Wildman–Crippen MR) is 70.0 cm³/mol. The van der Waals surface area contributed by atoms with Gasteiger partial charge in [0, 0.05) is 25.2 Å². The first-order valence-corrected chi connectivity index (χ1v) is 6.31. The van der Waals surface area contributed by atoms with Crippen LogP contribution in [0.3, 0.4) is 0 Å². The number of benzene rings is 1. The van der Waals surface area contributed by atoms with Crippen LogP contribution < -0.4 is 0 Å². The molecule has 0 radical (unpaired) electrons. The van der Waals surface area contributed by atoms with Crippen LogP contribution in [0.2, 0.25) is 0 Å². The smallest absolute Gasteiger partial charge is 0.163 e. The van der Waals surface area contributed by atoms with Crippen molar-refractivity contribution in [2.75, 3.05) is 0 Å². The normalized spacial score (nSPS) is 10.6. The first-order valence-electron chi connectivity index (χ1n) is 5.52. The number of carbonyl (C=O) groups excluding carboxylic acids is 1. The Kier molecular flexibility index (Phi) is 3.91. The van der Waals surface area contributed by atoms with Crippen LogP contribution in [-0.2, 0) is 13.5 Å². The van der Waals surface area contributed by atoms with Gasteiger partial charge in [0.15, 0.2) is 5.78 Å². The average molecular weight is 311 g/mol. The topological polar surface area (TPSA) is 34.9 Å². The molecule has 0 aliphatic carbocycles. The number of ketones is 1. The van der Waals surface area contributed by atoms with Gasteiger partial charge in [0.25, 0.3) is 0 Å². The average Bonchev–Trinajstić information content (AvgIpc) is 2.75. The summed E-state index contributed by atoms with van der Waals surface area (Å²) >= 11 is 3.06. The maximum atomic E-state index is 13.3. The van der Waals surface area contributed by atoms with Crippen LogP contribution in [-0.4, -0.2) is 15.6 Å². The molecule has 0 unspecified atom stereocenters. The predicted octanol–water partition coefficient (Wildman–Crippen LogP) is 3.14. The molecule has 0 saturated heterocycles. The Morgan fingerprint density at radius 1 is 1.50 bits per heavy atom. The molecule has 94 valence electrons. The summed E-state index contributed by atoms with van der Waals surface area (Å²) in [7, 11) is 1.83. The molecule has 3 nitrogen and oxygen atoms in total. The van der Waals surface area contributed by atoms with Gasteiger partial charge in [-0.25, -0.2) is 4.39 Å². The van der Waals surface area contributed by atoms with Gasteiger partial charge in [0.05, 0.1) is 10.7 Å². The van der Waals surface area contributed by atoms with Gasteiger partial charge in [-0.05, 0) is 40.0 Å². The van der Waals surface area contributed by atoms with Crippen molar-refractivity contribution in [2.24, 2.45) is 7.05 Å². The van der Waals surface area contributed by atoms with Crippen LogP contribution in [0, 0.1) is 5.82 Å². The highest BCUT2D eigenvalue weighted by Crippen LogP contribution is 2.17. The SMILES string of the molecule is Cn1cc(CCC(=O)c2ccc(Br)c(F)c2)cn1. The summed E-state index contributed by atoms with van der Waals surface area (Å²) in [5, 5.41) is 4.03. The van der Waals surface area contributed by atoms with Crippen molar-refractivity contribution in [3.8, 4) is 0 Å². The maximum Gasteiger partial charge on any atom is 0.163 e. The molecule has 0 bridgehead atoms. The molecule has 1 heterocycles. The lowest BCUT2D eigenvalue weighted by Crippen LogP contribution is -2.01. The minimum Gasteiger partial charge on any atom is -0.294 e. The molecule has 0 fully saturated rings. The zero-order chi connectivity index (χ0) is 13.1. The van der Waals surface area contributed by atoms with Gasteiger partial charge in [-0.2, -0.15) is 5.10 Å². The van der Waals surface area contributed by atoms with Gasteiger partial charge in [-0.3, -0.25) is 9.48 Å². The van der Waals surface area contributed by atoms with E-state index in [0.717, 1.165) is 5.56 Å². The van der Waals surface area contributed by atoms with Crippen molar-refractivity contribution in [1.29, 1.82) is 0 Å². The van der Waals surface area contributed by atoms with E-state index in [1.807, 2.05) is 13.2 Å². The van der Waals surface area contributed by atoms with E-state index < -0.39 is 5.82 Å². The van der Waals surface area contributed by atoms with E-state index >= 15 is 0 Å². The second-order valence-electron chi connectivity index (χ2n) is 4.07. The molecule has 5 heteroatoms. The van der Waals surface area contributed by atoms with Crippen molar-refractivity contribution in [3.63, 3.8) is 0 Å². The first kappa shape index (κ1) is 13.0. The number of hydrogen-bond donors (Lipinski definition) is 0.